The summed E-state index contributed by atoms with van der Waals surface area (Å²) in [5.41, 5.74) is 2.97. The first-order chi connectivity index (χ1) is 18.5. The summed E-state index contributed by atoms with van der Waals surface area (Å²) < 4.78 is 27.8. The van der Waals surface area contributed by atoms with E-state index in [4.69, 9.17) is 28.8 Å². The number of rotatable bonds is 12. The molecule has 1 aliphatic rings. The minimum absolute atomic E-state index is 0.0946. The molecule has 39 heavy (non-hydrogen) atoms. The second kappa shape index (κ2) is 15.4. The van der Waals surface area contributed by atoms with Crippen LogP contribution in [0.15, 0.2) is 29.4 Å². The molecule has 1 fully saturated rings. The molecule has 5 atom stereocenters. The number of hydrogen-bond acceptors (Lipinski definition) is 12. The molecule has 0 aromatic heterocycles. The van der Waals surface area contributed by atoms with Crippen LogP contribution in [0.25, 0.3) is 0 Å². The third kappa shape index (κ3) is 10.7. The number of nitrogens with one attached hydrogen (secondary N) is 2. The molecule has 0 bridgehead atoms. The maximum atomic E-state index is 12.0. The van der Waals surface area contributed by atoms with Crippen molar-refractivity contribution in [3.63, 3.8) is 0 Å². The Morgan fingerprint density at radius 3 is 2.18 bits per heavy atom. The molecule has 1 heterocycles. The lowest BCUT2D eigenvalue weighted by atomic mass is 9.96. The molecule has 3 N–H and O–H groups in total. The van der Waals surface area contributed by atoms with Gasteiger partial charge in [0.25, 0.3) is 0 Å². The van der Waals surface area contributed by atoms with E-state index in [1.165, 1.54) is 20.1 Å². The molecule has 0 aliphatic carbocycles. The molecule has 0 spiro atoms. The van der Waals surface area contributed by atoms with Crippen LogP contribution >= 0.6 is 0 Å². The van der Waals surface area contributed by atoms with Crippen molar-refractivity contribution in [2.75, 3.05) is 13.2 Å². The van der Waals surface area contributed by atoms with Crippen molar-refractivity contribution < 1.29 is 52.8 Å². The fraction of sp³-hybridized carbons (Fsp3) is 0.520. The van der Waals surface area contributed by atoms with Gasteiger partial charge in [0.2, 0.25) is 18.1 Å². The van der Waals surface area contributed by atoms with E-state index in [0.29, 0.717) is 17.7 Å². The molecule has 1 saturated heterocycles. The minimum Gasteiger partial charge on any atom is -0.463 e. The van der Waals surface area contributed by atoms with E-state index in [9.17, 15) is 24.0 Å². The summed E-state index contributed by atoms with van der Waals surface area (Å²) in [6.45, 7) is 4.28. The van der Waals surface area contributed by atoms with E-state index < -0.39 is 54.5 Å². The smallest absolute Gasteiger partial charge is 0.303 e. The van der Waals surface area contributed by atoms with Gasteiger partial charge in [-0.2, -0.15) is 5.10 Å². The number of ether oxygens (including phenoxy) is 5. The third-order valence-corrected chi connectivity index (χ3v) is 5.17. The van der Waals surface area contributed by atoms with Gasteiger partial charge in [-0.25, -0.2) is 5.43 Å². The van der Waals surface area contributed by atoms with Crippen molar-refractivity contribution in [2.45, 2.75) is 71.2 Å². The first-order valence-electron chi connectivity index (χ1n) is 12.1. The lowest BCUT2D eigenvalue weighted by Crippen LogP contribution is -2.67. The molecule has 1 aliphatic heterocycles. The van der Waals surface area contributed by atoms with Crippen LogP contribution in [0.2, 0.25) is 0 Å². The Kier molecular flexibility index (Phi) is 12.3. The van der Waals surface area contributed by atoms with Crippen LogP contribution in [0.5, 0.6) is 5.75 Å². The minimum atomic E-state index is -1.25. The largest absolute Gasteiger partial charge is 0.463 e. The van der Waals surface area contributed by atoms with Gasteiger partial charge in [-0.1, -0.05) is 0 Å². The summed E-state index contributed by atoms with van der Waals surface area (Å²) in [7, 11) is 0. The van der Waals surface area contributed by atoms with Crippen molar-refractivity contribution in [1.82, 2.24) is 10.7 Å². The van der Waals surface area contributed by atoms with Crippen molar-refractivity contribution in [3.05, 3.63) is 29.8 Å². The summed E-state index contributed by atoms with van der Waals surface area (Å²) in [5, 5.41) is 15.2. The number of carbonyl (C=O) groups is 5. The average molecular weight is 552 g/mol. The molecule has 14 nitrogen and oxygen atoms in total. The molecule has 1 aromatic rings. The molecule has 0 unspecified atom stereocenters. The summed E-state index contributed by atoms with van der Waals surface area (Å²) in [6.07, 6.45) is -2.94. The van der Waals surface area contributed by atoms with Crippen LogP contribution in [0.3, 0.4) is 0 Å². The maximum absolute atomic E-state index is 12.0. The number of hydrogen-bond donors (Lipinski definition) is 3. The summed E-state index contributed by atoms with van der Waals surface area (Å²) in [5.74, 6) is -2.59. The highest BCUT2D eigenvalue weighted by atomic mass is 16.7. The molecule has 2 rings (SSSR count). The topological polar surface area (TPSA) is 188 Å². The molecular formula is C25H33N3O11. The zero-order valence-corrected chi connectivity index (χ0v) is 22.1. The van der Waals surface area contributed by atoms with Gasteiger partial charge in [0.05, 0.1) is 6.21 Å². The lowest BCUT2D eigenvalue weighted by molar-refractivity contribution is -0.257. The Bertz CT molecular complexity index is 1040. The highest BCUT2D eigenvalue weighted by Crippen LogP contribution is 2.29. The second-order valence-electron chi connectivity index (χ2n) is 8.53. The Balaban J connectivity index is 2.28. The number of carbonyl (C=O) groups excluding carboxylic acids is 5. The van der Waals surface area contributed by atoms with E-state index in [0.717, 1.165) is 13.8 Å². The van der Waals surface area contributed by atoms with Gasteiger partial charge in [0.15, 0.2) is 12.2 Å². The standard InChI is InChI=1S/C25H33N3O11/c1-14(30)27-22-24(37-17(4)33)23(36-16(3)32)20(13-35-15(2)31)39-25(22)38-19-9-7-18(8-10-19)12-26-28-21(34)6-5-11-29/h7-10,12,20,22-25,29H,5-6,11,13H2,1-4H3,(H,27,30)(H,28,34)/b26-12+/t20-,22-,23-,24-,25-/m1/s1. The Labute approximate surface area is 224 Å². The van der Waals surface area contributed by atoms with Gasteiger partial charge in [-0.3, -0.25) is 24.0 Å². The predicted octanol–water partition coefficient (Wildman–Crippen LogP) is -0.0559. The quantitative estimate of drug-likeness (QED) is 0.137. The van der Waals surface area contributed by atoms with Crippen LogP contribution in [-0.4, -0.2) is 84.9 Å². The zero-order chi connectivity index (χ0) is 28.9. The van der Waals surface area contributed by atoms with E-state index in [1.54, 1.807) is 24.3 Å². The first kappa shape index (κ1) is 31.2. The monoisotopic (exact) mass is 551 g/mol. The molecule has 1 aromatic carbocycles. The van der Waals surface area contributed by atoms with E-state index in [1.807, 2.05) is 0 Å². The number of benzene rings is 1. The van der Waals surface area contributed by atoms with Crippen molar-refractivity contribution >= 4 is 35.9 Å². The van der Waals surface area contributed by atoms with Gasteiger partial charge < -0.3 is 34.1 Å². The van der Waals surface area contributed by atoms with Crippen molar-refractivity contribution in [1.29, 1.82) is 0 Å². The van der Waals surface area contributed by atoms with Crippen LogP contribution in [0.4, 0.5) is 0 Å². The highest BCUT2D eigenvalue weighted by Gasteiger charge is 2.51. The van der Waals surface area contributed by atoms with Crippen LogP contribution in [-0.2, 0) is 42.9 Å². The van der Waals surface area contributed by atoms with Gasteiger partial charge in [-0.15, -0.1) is 0 Å². The number of aliphatic hydroxyl groups is 1. The van der Waals surface area contributed by atoms with E-state index >= 15 is 0 Å². The molecule has 0 radical (unpaired) electrons. The number of hydrazone groups is 1. The molecule has 2 amide bonds. The summed E-state index contributed by atoms with van der Waals surface area (Å²) in [4.78, 5) is 58.8. The molecular weight excluding hydrogens is 518 g/mol. The summed E-state index contributed by atoms with van der Waals surface area (Å²) >= 11 is 0. The lowest BCUT2D eigenvalue weighted by Gasteiger charge is -2.44. The second-order valence-corrected chi connectivity index (χ2v) is 8.53. The van der Waals surface area contributed by atoms with Crippen LogP contribution in [0.1, 0.15) is 46.1 Å². The fourth-order valence-corrected chi connectivity index (χ4v) is 3.63. The average Bonchev–Trinajstić information content (AvgIpc) is 2.85. The number of esters is 3. The van der Waals surface area contributed by atoms with Gasteiger partial charge in [-0.05, 0) is 36.2 Å². The fourth-order valence-electron chi connectivity index (χ4n) is 3.63. The molecule has 214 valence electrons. The Hall–Kier alpha value is -4.04. The zero-order valence-electron chi connectivity index (χ0n) is 22.1. The predicted molar refractivity (Wildman–Crippen MR) is 133 cm³/mol. The normalized spacial score (nSPS) is 22.4. The maximum Gasteiger partial charge on any atom is 0.303 e. The summed E-state index contributed by atoms with van der Waals surface area (Å²) in [6, 6.07) is 5.30. The third-order valence-electron chi connectivity index (χ3n) is 5.17. The molecule has 0 saturated carbocycles. The van der Waals surface area contributed by atoms with Gasteiger partial charge in [0, 0.05) is 40.7 Å². The van der Waals surface area contributed by atoms with Crippen molar-refractivity contribution in [2.24, 2.45) is 5.10 Å². The van der Waals surface area contributed by atoms with Crippen LogP contribution < -0.4 is 15.5 Å². The Morgan fingerprint density at radius 1 is 0.974 bits per heavy atom. The van der Waals surface area contributed by atoms with Gasteiger partial charge >= 0.3 is 17.9 Å². The number of amides is 2. The molecule has 14 heteroatoms. The number of aliphatic hydroxyl groups excluding tert-OH is 1. The number of nitrogens with zero attached hydrogens (tertiary/aromatic N) is 1. The van der Waals surface area contributed by atoms with Crippen LogP contribution in [0, 0.1) is 0 Å². The van der Waals surface area contributed by atoms with E-state index in [2.05, 4.69) is 15.8 Å². The SMILES string of the molecule is CC(=O)N[C@H]1[C@H](Oc2ccc(/C=N/NC(=O)CCCO)cc2)O[C@H](COC(C)=O)[C@@H](OC(C)=O)[C@@H]1OC(C)=O. The van der Waals surface area contributed by atoms with Gasteiger partial charge in [0.1, 0.15) is 24.5 Å². The van der Waals surface area contributed by atoms with Crippen molar-refractivity contribution in [3.8, 4) is 5.75 Å². The van der Waals surface area contributed by atoms with E-state index in [-0.39, 0.29) is 25.5 Å². The highest BCUT2D eigenvalue weighted by molar-refractivity contribution is 5.82. The first-order valence-corrected chi connectivity index (χ1v) is 12.1. The Morgan fingerprint density at radius 2 is 1.62 bits per heavy atom.